The van der Waals surface area contributed by atoms with Gasteiger partial charge < -0.3 is 9.72 Å². The van der Waals surface area contributed by atoms with E-state index in [-0.39, 0.29) is 29.8 Å². The number of hydrogen-bond acceptors (Lipinski definition) is 2. The van der Waals surface area contributed by atoms with Crippen LogP contribution in [0.25, 0.3) is 0 Å². The van der Waals surface area contributed by atoms with Crippen molar-refractivity contribution in [3.05, 3.63) is 67.8 Å². The summed E-state index contributed by atoms with van der Waals surface area (Å²) in [5.41, 5.74) is 3.14. The molecule has 0 bridgehead atoms. The number of aromatic nitrogens is 1. The highest BCUT2D eigenvalue weighted by Gasteiger charge is 2.61. The van der Waals surface area contributed by atoms with E-state index in [0.717, 1.165) is 31.7 Å². The topological polar surface area (TPSA) is 42.1 Å². The summed E-state index contributed by atoms with van der Waals surface area (Å²) < 4.78 is 6.47. The van der Waals surface area contributed by atoms with Crippen LogP contribution in [-0.2, 0) is 22.6 Å². The molecule has 3 rings (SSSR count). The molecule has 2 aromatic rings. The van der Waals surface area contributed by atoms with Crippen LogP contribution >= 0.6 is 43.5 Å². The summed E-state index contributed by atoms with van der Waals surface area (Å²) in [5, 5.41) is 0.725. The molecule has 1 aliphatic rings. The molecule has 1 N–H and O–H groups in total. The molecule has 0 aliphatic heterocycles. The summed E-state index contributed by atoms with van der Waals surface area (Å²) in [4.78, 5) is 15.7. The predicted molar refractivity (Wildman–Crippen MR) is 112 cm³/mol. The zero-order valence-corrected chi connectivity index (χ0v) is 18.5. The second-order valence-electron chi connectivity index (χ2n) is 7.17. The Morgan fingerprint density at radius 3 is 2.62 bits per heavy atom. The molecule has 1 aliphatic carbocycles. The highest BCUT2D eigenvalue weighted by molar-refractivity contribution is 9.28. The minimum atomic E-state index is -0.149. The van der Waals surface area contributed by atoms with Gasteiger partial charge in [-0.1, -0.05) is 43.7 Å². The average molecular weight is 502 g/mol. The van der Waals surface area contributed by atoms with E-state index in [1.807, 2.05) is 42.6 Å². The lowest BCUT2D eigenvalue weighted by molar-refractivity contribution is -0.147. The first-order valence-electron chi connectivity index (χ1n) is 8.38. The highest BCUT2D eigenvalue weighted by atomic mass is 79.9. The molecule has 26 heavy (non-hydrogen) atoms. The fourth-order valence-corrected chi connectivity index (χ4v) is 4.06. The number of hydrogen-bond donors (Lipinski definition) is 1. The van der Waals surface area contributed by atoms with Gasteiger partial charge in [-0.25, -0.2) is 0 Å². The Morgan fingerprint density at radius 2 is 1.96 bits per heavy atom. The zero-order chi connectivity index (χ0) is 18.9. The van der Waals surface area contributed by atoms with E-state index in [1.54, 1.807) is 0 Å². The van der Waals surface area contributed by atoms with Gasteiger partial charge in [0, 0.05) is 11.2 Å². The smallest absolute Gasteiger partial charge is 0.310 e. The quantitative estimate of drug-likeness (QED) is 0.479. The fourth-order valence-electron chi connectivity index (χ4n) is 3.37. The average Bonchev–Trinajstić information content (AvgIpc) is 2.91. The van der Waals surface area contributed by atoms with Crippen LogP contribution in [0.3, 0.4) is 0 Å². The van der Waals surface area contributed by atoms with E-state index < -0.39 is 0 Å². The number of halogens is 3. The zero-order valence-electron chi connectivity index (χ0n) is 14.6. The van der Waals surface area contributed by atoms with Crippen molar-refractivity contribution in [1.82, 2.24) is 4.98 Å². The van der Waals surface area contributed by atoms with Crippen LogP contribution in [0, 0.1) is 17.3 Å². The largest absolute Gasteiger partial charge is 0.459 e. The van der Waals surface area contributed by atoms with Crippen molar-refractivity contribution in [2.45, 2.75) is 26.9 Å². The molecule has 2 unspecified atom stereocenters. The third-order valence-electron chi connectivity index (χ3n) is 5.07. The summed E-state index contributed by atoms with van der Waals surface area (Å²) >= 11 is 12.7. The van der Waals surface area contributed by atoms with Crippen LogP contribution in [0.4, 0.5) is 0 Å². The van der Waals surface area contributed by atoms with Gasteiger partial charge in [0.15, 0.2) is 0 Å². The molecule has 1 fully saturated rings. The van der Waals surface area contributed by atoms with Crippen LogP contribution < -0.4 is 0 Å². The summed E-state index contributed by atoms with van der Waals surface area (Å²) in [6.07, 6.45) is 4.67. The molecule has 3 nitrogen and oxygen atoms in total. The number of esters is 1. The van der Waals surface area contributed by atoms with Crippen molar-refractivity contribution in [3.8, 4) is 0 Å². The number of rotatable bonds is 6. The number of nitrogens with one attached hydrogen (secondary N) is 1. The SMILES string of the molecule is CC1(C)C(C=C(Br)Br)C1C(=O)OCc1[nH]ccc1Cc1ccc(Cl)cc1. The number of allylic oxidation sites excluding steroid dienone is 1. The molecule has 1 aromatic carbocycles. The Labute approximate surface area is 175 Å². The number of ether oxygens (including phenoxy) is 1. The van der Waals surface area contributed by atoms with E-state index in [1.165, 1.54) is 0 Å². The van der Waals surface area contributed by atoms with Gasteiger partial charge >= 0.3 is 5.97 Å². The summed E-state index contributed by atoms with van der Waals surface area (Å²) in [7, 11) is 0. The first-order chi connectivity index (χ1) is 12.3. The van der Waals surface area contributed by atoms with Crippen molar-refractivity contribution in [1.29, 1.82) is 0 Å². The van der Waals surface area contributed by atoms with Crippen molar-refractivity contribution in [2.75, 3.05) is 0 Å². The number of carbonyl (C=O) groups is 1. The first-order valence-corrected chi connectivity index (χ1v) is 10.3. The van der Waals surface area contributed by atoms with Gasteiger partial charge in [-0.15, -0.1) is 0 Å². The van der Waals surface area contributed by atoms with E-state index in [2.05, 4.69) is 50.7 Å². The molecule has 0 saturated heterocycles. The van der Waals surface area contributed by atoms with Crippen molar-refractivity contribution < 1.29 is 9.53 Å². The van der Waals surface area contributed by atoms with Crippen LogP contribution in [0.15, 0.2) is 46.0 Å². The molecule has 1 heterocycles. The minimum Gasteiger partial charge on any atom is -0.459 e. The number of H-pyrrole nitrogens is 1. The first kappa shape index (κ1) is 19.7. The normalized spacial score (nSPS) is 20.5. The Hall–Kier alpha value is -1.04. The molecule has 0 amide bonds. The Kier molecular flexibility index (Phi) is 6.00. The van der Waals surface area contributed by atoms with Gasteiger partial charge in [0.2, 0.25) is 0 Å². The second kappa shape index (κ2) is 7.91. The van der Waals surface area contributed by atoms with Gasteiger partial charge in [0.1, 0.15) is 6.61 Å². The Bertz CT molecular complexity index is 823. The molecular weight excluding hydrogens is 481 g/mol. The third kappa shape index (κ3) is 4.44. The maximum Gasteiger partial charge on any atom is 0.310 e. The lowest BCUT2D eigenvalue weighted by atomic mass is 10.1. The van der Waals surface area contributed by atoms with Crippen molar-refractivity contribution in [2.24, 2.45) is 17.3 Å². The van der Waals surface area contributed by atoms with Crippen LogP contribution in [-0.4, -0.2) is 11.0 Å². The number of benzene rings is 1. The Morgan fingerprint density at radius 1 is 1.27 bits per heavy atom. The van der Waals surface area contributed by atoms with Crippen molar-refractivity contribution >= 4 is 49.4 Å². The van der Waals surface area contributed by atoms with Gasteiger partial charge in [-0.05, 0) is 78.9 Å². The van der Waals surface area contributed by atoms with E-state index in [4.69, 9.17) is 16.3 Å². The second-order valence-corrected chi connectivity index (χ2v) is 10.4. The van der Waals surface area contributed by atoms with Crippen molar-refractivity contribution in [3.63, 3.8) is 0 Å². The van der Waals surface area contributed by atoms with E-state index >= 15 is 0 Å². The lowest BCUT2D eigenvalue weighted by Gasteiger charge is -2.08. The molecule has 1 aromatic heterocycles. The molecule has 0 spiro atoms. The van der Waals surface area contributed by atoms with Gasteiger partial charge in [-0.3, -0.25) is 4.79 Å². The lowest BCUT2D eigenvalue weighted by Crippen LogP contribution is -2.11. The van der Waals surface area contributed by atoms with Crippen LogP contribution in [0.5, 0.6) is 0 Å². The number of carbonyl (C=O) groups excluding carboxylic acids is 1. The summed E-state index contributed by atoms with van der Waals surface area (Å²) in [5.74, 6) is -0.0762. The maximum absolute atomic E-state index is 12.5. The fraction of sp³-hybridized carbons (Fsp3) is 0.350. The Balaban J connectivity index is 1.61. The third-order valence-corrected chi connectivity index (χ3v) is 5.85. The van der Waals surface area contributed by atoms with Crippen LogP contribution in [0.1, 0.15) is 30.7 Å². The van der Waals surface area contributed by atoms with Crippen LogP contribution in [0.2, 0.25) is 5.02 Å². The minimum absolute atomic E-state index is 0.0776. The monoisotopic (exact) mass is 499 g/mol. The molecule has 1 saturated carbocycles. The molecule has 138 valence electrons. The highest BCUT2D eigenvalue weighted by Crippen LogP contribution is 2.60. The standard InChI is InChI=1S/C20H20Br2ClNO2/c1-20(2)15(10-17(21)22)18(20)19(25)26-11-16-13(7-8-24-16)9-12-3-5-14(23)6-4-12/h3-8,10,15,18,24H,9,11H2,1-2H3. The molecule has 2 atom stereocenters. The maximum atomic E-state index is 12.5. The number of aromatic amines is 1. The van der Waals surface area contributed by atoms with Gasteiger partial charge in [0.25, 0.3) is 0 Å². The molecule has 0 radical (unpaired) electrons. The predicted octanol–water partition coefficient (Wildman–Crippen LogP) is 6.21. The van der Waals surface area contributed by atoms with E-state index in [0.29, 0.717) is 0 Å². The van der Waals surface area contributed by atoms with Gasteiger partial charge in [-0.2, -0.15) is 0 Å². The summed E-state index contributed by atoms with van der Waals surface area (Å²) in [6.45, 7) is 4.43. The van der Waals surface area contributed by atoms with Gasteiger partial charge in [0.05, 0.1) is 15.0 Å². The molecule has 6 heteroatoms. The summed E-state index contributed by atoms with van der Waals surface area (Å²) in [6, 6.07) is 9.80. The molecular formula is C20H20Br2ClNO2. The van der Waals surface area contributed by atoms with E-state index in [9.17, 15) is 4.79 Å².